The summed E-state index contributed by atoms with van der Waals surface area (Å²) in [6.07, 6.45) is 0.818. The molecule has 4 nitrogen and oxygen atoms in total. The fourth-order valence-electron chi connectivity index (χ4n) is 3.32. The summed E-state index contributed by atoms with van der Waals surface area (Å²) in [7, 11) is -3.49. The first kappa shape index (κ1) is 20.4. The third-order valence-electron chi connectivity index (χ3n) is 5.23. The maximum Gasteiger partial charge on any atom is 0.243 e. The molecule has 0 amide bonds. The topological polar surface area (TPSA) is 40.6 Å². The second-order valence-corrected chi connectivity index (χ2v) is 10.3. The van der Waals surface area contributed by atoms with E-state index in [0.717, 1.165) is 18.5 Å². The second-order valence-electron chi connectivity index (χ2n) is 7.31. The largest absolute Gasteiger partial charge is 0.243 e. The van der Waals surface area contributed by atoms with Crippen LogP contribution in [0.4, 0.5) is 0 Å². The molecule has 1 aliphatic heterocycles. The van der Waals surface area contributed by atoms with Gasteiger partial charge in [0, 0.05) is 30.1 Å². The van der Waals surface area contributed by atoms with Crippen molar-refractivity contribution in [3.05, 3.63) is 59.7 Å². The van der Waals surface area contributed by atoms with Crippen molar-refractivity contribution in [3.63, 3.8) is 0 Å². The number of hydrogen-bond donors (Lipinski definition) is 0. The molecule has 1 fully saturated rings. The van der Waals surface area contributed by atoms with E-state index in [0.29, 0.717) is 11.4 Å². The quantitative estimate of drug-likeness (QED) is 0.704. The maximum absolute atomic E-state index is 13.2. The molecule has 0 radical (unpaired) electrons. The Morgan fingerprint density at radius 2 is 1.41 bits per heavy atom. The van der Waals surface area contributed by atoms with Gasteiger partial charge in [-0.2, -0.15) is 4.31 Å². The average molecular weight is 405 g/mol. The molecule has 0 bridgehead atoms. The second kappa shape index (κ2) is 8.35. The van der Waals surface area contributed by atoms with Crippen LogP contribution in [0, 0.1) is 13.8 Å². The standard InChI is InChI=1S/C21H28N2O2S2/c1-16-6-10-20(11-7-16)26-22-14-5-15-23(19(4)18(22)3)27(24,25)21-12-8-17(2)9-13-21/h6-13,18-19H,5,14-15H2,1-4H3/t18-,19-/m0/s1. The number of hydrogen-bond acceptors (Lipinski definition) is 4. The van der Waals surface area contributed by atoms with Crippen LogP contribution in [0.25, 0.3) is 0 Å². The molecule has 0 unspecified atom stereocenters. The van der Waals surface area contributed by atoms with Crippen LogP contribution in [-0.2, 0) is 10.0 Å². The summed E-state index contributed by atoms with van der Waals surface area (Å²) in [5, 5.41) is 0. The van der Waals surface area contributed by atoms with Crippen molar-refractivity contribution in [2.24, 2.45) is 0 Å². The van der Waals surface area contributed by atoms with Crippen molar-refractivity contribution >= 4 is 22.0 Å². The molecule has 0 saturated carbocycles. The van der Waals surface area contributed by atoms with Crippen LogP contribution in [0.15, 0.2) is 58.3 Å². The Kier molecular flexibility index (Phi) is 6.31. The number of rotatable bonds is 4. The van der Waals surface area contributed by atoms with Crippen molar-refractivity contribution < 1.29 is 8.42 Å². The molecule has 3 rings (SSSR count). The molecule has 1 saturated heterocycles. The van der Waals surface area contributed by atoms with Gasteiger partial charge in [0.05, 0.1) is 4.90 Å². The summed E-state index contributed by atoms with van der Waals surface area (Å²) in [5.74, 6) is 0. The van der Waals surface area contributed by atoms with E-state index in [1.54, 1.807) is 28.4 Å². The highest BCUT2D eigenvalue weighted by Gasteiger charge is 2.36. The van der Waals surface area contributed by atoms with Gasteiger partial charge < -0.3 is 0 Å². The van der Waals surface area contributed by atoms with Crippen LogP contribution in [0.2, 0.25) is 0 Å². The van der Waals surface area contributed by atoms with Crippen molar-refractivity contribution in [1.29, 1.82) is 0 Å². The molecule has 0 aliphatic carbocycles. The Bertz CT molecular complexity index is 864. The van der Waals surface area contributed by atoms with Gasteiger partial charge in [-0.05, 0) is 70.3 Å². The first-order valence-corrected chi connectivity index (χ1v) is 11.6. The van der Waals surface area contributed by atoms with Crippen LogP contribution < -0.4 is 0 Å². The van der Waals surface area contributed by atoms with Gasteiger partial charge in [-0.15, -0.1) is 0 Å². The molecular formula is C21H28N2O2S2. The lowest BCUT2D eigenvalue weighted by Gasteiger charge is -2.34. The number of benzene rings is 2. The summed E-state index contributed by atoms with van der Waals surface area (Å²) >= 11 is 1.72. The zero-order valence-corrected chi connectivity index (χ0v) is 18.1. The van der Waals surface area contributed by atoms with Gasteiger partial charge in [0.1, 0.15) is 0 Å². The minimum atomic E-state index is -3.49. The average Bonchev–Trinajstić information content (AvgIpc) is 2.78. The van der Waals surface area contributed by atoms with E-state index >= 15 is 0 Å². The van der Waals surface area contributed by atoms with Crippen molar-refractivity contribution in [1.82, 2.24) is 8.61 Å². The molecule has 2 aromatic carbocycles. The van der Waals surface area contributed by atoms with Crippen LogP contribution in [-0.4, -0.2) is 42.2 Å². The number of aryl methyl sites for hydroxylation is 2. The van der Waals surface area contributed by atoms with E-state index in [4.69, 9.17) is 0 Å². The van der Waals surface area contributed by atoms with Crippen LogP contribution in [0.5, 0.6) is 0 Å². The van der Waals surface area contributed by atoms with E-state index < -0.39 is 10.0 Å². The zero-order chi connectivity index (χ0) is 19.6. The Labute approximate surface area is 167 Å². The first-order chi connectivity index (χ1) is 12.8. The summed E-state index contributed by atoms with van der Waals surface area (Å²) in [4.78, 5) is 1.57. The Balaban J connectivity index is 1.80. The van der Waals surface area contributed by atoms with Gasteiger partial charge in [0.2, 0.25) is 10.0 Å². The summed E-state index contributed by atoms with van der Waals surface area (Å²) in [6.45, 7) is 9.60. The molecule has 27 heavy (non-hydrogen) atoms. The normalized spacial score (nSPS) is 22.5. The highest BCUT2D eigenvalue weighted by Crippen LogP contribution is 2.31. The SMILES string of the molecule is Cc1ccc(SN2CCCN(S(=O)(=O)c3ccc(C)cc3)[C@@H](C)[C@@H]2C)cc1. The van der Waals surface area contributed by atoms with E-state index in [1.165, 1.54) is 10.5 Å². The molecule has 1 aliphatic rings. The fourth-order valence-corrected chi connectivity index (χ4v) is 6.14. The summed E-state index contributed by atoms with van der Waals surface area (Å²) in [5.41, 5.74) is 2.30. The Morgan fingerprint density at radius 3 is 2.00 bits per heavy atom. The van der Waals surface area contributed by atoms with E-state index in [1.807, 2.05) is 26.0 Å². The smallest absolute Gasteiger partial charge is 0.242 e. The predicted octanol–water partition coefficient (Wildman–Crippen LogP) is 4.48. The molecule has 6 heteroatoms. The maximum atomic E-state index is 13.2. The molecule has 2 aromatic rings. The molecule has 2 atom stereocenters. The summed E-state index contributed by atoms with van der Waals surface area (Å²) in [6, 6.07) is 15.6. The predicted molar refractivity (Wildman–Crippen MR) is 112 cm³/mol. The van der Waals surface area contributed by atoms with Gasteiger partial charge >= 0.3 is 0 Å². The third-order valence-corrected chi connectivity index (χ3v) is 8.47. The van der Waals surface area contributed by atoms with Gasteiger partial charge in [-0.1, -0.05) is 35.4 Å². The minimum absolute atomic E-state index is 0.100. The van der Waals surface area contributed by atoms with E-state index in [2.05, 4.69) is 42.4 Å². The van der Waals surface area contributed by atoms with Crippen molar-refractivity contribution in [2.45, 2.75) is 56.0 Å². The molecule has 0 aromatic heterocycles. The lowest BCUT2D eigenvalue weighted by atomic mass is 10.2. The molecule has 146 valence electrons. The lowest BCUT2D eigenvalue weighted by Crippen LogP contribution is -2.46. The Morgan fingerprint density at radius 1 is 0.852 bits per heavy atom. The van der Waals surface area contributed by atoms with Crippen molar-refractivity contribution in [3.8, 4) is 0 Å². The fraction of sp³-hybridized carbons (Fsp3) is 0.429. The van der Waals surface area contributed by atoms with Crippen LogP contribution in [0.3, 0.4) is 0 Å². The van der Waals surface area contributed by atoms with Crippen molar-refractivity contribution in [2.75, 3.05) is 13.1 Å². The molecular weight excluding hydrogens is 376 g/mol. The Hall–Kier alpha value is -1.34. The van der Waals surface area contributed by atoms with Crippen LogP contribution >= 0.6 is 11.9 Å². The van der Waals surface area contributed by atoms with Gasteiger partial charge in [0.25, 0.3) is 0 Å². The highest BCUT2D eigenvalue weighted by atomic mass is 32.2. The first-order valence-electron chi connectivity index (χ1n) is 9.39. The molecule has 1 heterocycles. The number of nitrogens with zero attached hydrogens (tertiary/aromatic N) is 2. The monoisotopic (exact) mass is 404 g/mol. The van der Waals surface area contributed by atoms with Gasteiger partial charge in [-0.25, -0.2) is 12.7 Å². The highest BCUT2D eigenvalue weighted by molar-refractivity contribution is 7.97. The molecule has 0 spiro atoms. The van der Waals surface area contributed by atoms with E-state index in [9.17, 15) is 8.42 Å². The zero-order valence-electron chi connectivity index (χ0n) is 16.4. The van der Waals surface area contributed by atoms with Gasteiger partial charge in [-0.3, -0.25) is 0 Å². The van der Waals surface area contributed by atoms with Crippen LogP contribution in [0.1, 0.15) is 31.4 Å². The van der Waals surface area contributed by atoms with Gasteiger partial charge in [0.15, 0.2) is 0 Å². The third kappa shape index (κ3) is 4.57. The summed E-state index contributed by atoms with van der Waals surface area (Å²) < 4.78 is 30.4. The number of sulfonamides is 1. The molecule has 0 N–H and O–H groups in total. The minimum Gasteiger partial charge on any atom is -0.242 e. The van der Waals surface area contributed by atoms with E-state index in [-0.39, 0.29) is 12.1 Å². The lowest BCUT2D eigenvalue weighted by molar-refractivity contribution is 0.269.